The van der Waals surface area contributed by atoms with Crippen molar-refractivity contribution < 1.29 is 9.47 Å². The van der Waals surface area contributed by atoms with Crippen molar-refractivity contribution in [2.75, 3.05) is 25.7 Å². The summed E-state index contributed by atoms with van der Waals surface area (Å²) in [5.74, 6) is 2.47. The summed E-state index contributed by atoms with van der Waals surface area (Å²) < 4.78 is 10.7. The Morgan fingerprint density at radius 3 is 2.03 bits per heavy atom. The zero-order valence-electron chi connectivity index (χ0n) is 17.3. The summed E-state index contributed by atoms with van der Waals surface area (Å²) in [5.41, 5.74) is 4.04. The lowest BCUT2D eigenvalue weighted by molar-refractivity contribution is 0.274. The highest BCUT2D eigenvalue weighted by Gasteiger charge is 2.39. The molecule has 0 saturated carbocycles. The molecule has 0 aliphatic carbocycles. The zero-order chi connectivity index (χ0) is 20.1. The summed E-state index contributed by atoms with van der Waals surface area (Å²) in [6, 6.07) is 28.2. The fourth-order valence-corrected chi connectivity index (χ4v) is 4.34. The van der Waals surface area contributed by atoms with Crippen LogP contribution in [0.5, 0.6) is 11.5 Å². The van der Waals surface area contributed by atoms with Crippen LogP contribution in [0.4, 0.5) is 5.69 Å². The smallest absolute Gasteiger partial charge is 0.119 e. The molecule has 1 aliphatic rings. The Hall–Kier alpha value is -2.94. The number of methoxy groups -OCH3 is 2. The maximum Gasteiger partial charge on any atom is 0.119 e. The normalized spacial score (nSPS) is 18.2. The van der Waals surface area contributed by atoms with Gasteiger partial charge in [-0.1, -0.05) is 42.5 Å². The van der Waals surface area contributed by atoms with Gasteiger partial charge in [-0.2, -0.15) is 0 Å². The molecule has 1 aliphatic heterocycles. The van der Waals surface area contributed by atoms with Crippen molar-refractivity contribution in [3.8, 4) is 11.5 Å². The summed E-state index contributed by atoms with van der Waals surface area (Å²) >= 11 is 0. The van der Waals surface area contributed by atoms with E-state index in [9.17, 15) is 0 Å². The first-order chi connectivity index (χ1) is 14.3. The highest BCUT2D eigenvalue weighted by molar-refractivity contribution is 5.54. The van der Waals surface area contributed by atoms with Gasteiger partial charge >= 0.3 is 0 Å². The molecule has 4 rings (SSSR count). The first kappa shape index (κ1) is 19.4. The van der Waals surface area contributed by atoms with E-state index in [1.807, 2.05) is 12.1 Å². The molecule has 3 heteroatoms. The van der Waals surface area contributed by atoms with Crippen molar-refractivity contribution in [2.24, 2.45) is 5.92 Å². The Morgan fingerprint density at radius 1 is 0.793 bits per heavy atom. The minimum atomic E-state index is 0.407. The molecule has 3 nitrogen and oxygen atoms in total. The van der Waals surface area contributed by atoms with Crippen LogP contribution in [0.25, 0.3) is 0 Å². The molecule has 2 atom stereocenters. The lowest BCUT2D eigenvalue weighted by Crippen LogP contribution is -2.49. The van der Waals surface area contributed by atoms with Crippen LogP contribution in [-0.2, 0) is 6.42 Å². The number of nitrogens with zero attached hydrogens (tertiary/aromatic N) is 1. The van der Waals surface area contributed by atoms with Crippen LogP contribution < -0.4 is 14.4 Å². The van der Waals surface area contributed by atoms with Crippen molar-refractivity contribution in [1.82, 2.24) is 0 Å². The van der Waals surface area contributed by atoms with E-state index in [0.717, 1.165) is 24.5 Å². The van der Waals surface area contributed by atoms with E-state index in [2.05, 4.69) is 71.6 Å². The third-order valence-electron chi connectivity index (χ3n) is 5.96. The summed E-state index contributed by atoms with van der Waals surface area (Å²) in [6.45, 7) is 1.10. The predicted molar refractivity (Wildman–Crippen MR) is 119 cm³/mol. The second-order valence-electron chi connectivity index (χ2n) is 7.71. The third kappa shape index (κ3) is 4.40. The van der Waals surface area contributed by atoms with Gasteiger partial charge < -0.3 is 14.4 Å². The lowest BCUT2D eigenvalue weighted by atomic mass is 9.79. The second-order valence-corrected chi connectivity index (χ2v) is 7.71. The zero-order valence-corrected chi connectivity index (χ0v) is 17.3. The van der Waals surface area contributed by atoms with E-state index in [-0.39, 0.29) is 0 Å². The molecule has 0 bridgehead atoms. The van der Waals surface area contributed by atoms with Gasteiger partial charge in [-0.15, -0.1) is 0 Å². The molecule has 0 aromatic heterocycles. The fourth-order valence-electron chi connectivity index (χ4n) is 4.34. The first-order valence-corrected chi connectivity index (χ1v) is 10.4. The van der Waals surface area contributed by atoms with Crippen molar-refractivity contribution in [1.29, 1.82) is 0 Å². The van der Waals surface area contributed by atoms with Gasteiger partial charge in [-0.3, -0.25) is 0 Å². The third-order valence-corrected chi connectivity index (χ3v) is 5.96. The molecule has 0 N–H and O–H groups in total. The topological polar surface area (TPSA) is 21.7 Å². The molecule has 1 fully saturated rings. The minimum absolute atomic E-state index is 0.407. The molecule has 3 aromatic carbocycles. The van der Waals surface area contributed by atoms with Crippen molar-refractivity contribution >= 4 is 5.69 Å². The van der Waals surface area contributed by atoms with E-state index >= 15 is 0 Å². The molecular weight excluding hydrogens is 358 g/mol. The molecule has 0 radical (unpaired) electrons. The van der Waals surface area contributed by atoms with Crippen LogP contribution in [0.3, 0.4) is 0 Å². The number of anilines is 1. The molecule has 0 unspecified atom stereocenters. The summed E-state index contributed by atoms with van der Waals surface area (Å²) in [4.78, 5) is 2.51. The number of hydrogen-bond acceptors (Lipinski definition) is 3. The SMILES string of the molecule is COc1ccc([C@H]2[C@H](CCCc3ccccc3)CN2c2ccc(OC)cc2)cc1. The number of aryl methyl sites for hydroxylation is 1. The van der Waals surface area contributed by atoms with Gasteiger partial charge in [-0.05, 0) is 66.8 Å². The predicted octanol–water partition coefficient (Wildman–Crippen LogP) is 5.90. The van der Waals surface area contributed by atoms with Crippen LogP contribution in [-0.4, -0.2) is 20.8 Å². The standard InChI is InChI=1S/C26H29NO2/c1-28-24-15-11-21(12-16-24)26-22(10-6-9-20-7-4-3-5-8-20)19-27(26)23-13-17-25(29-2)18-14-23/h3-5,7-8,11-18,22,26H,6,9-10,19H2,1-2H3/t22-,26+/m1/s1. The van der Waals surface area contributed by atoms with E-state index in [1.54, 1.807) is 14.2 Å². The van der Waals surface area contributed by atoms with Crippen LogP contribution in [0.1, 0.15) is 30.0 Å². The Morgan fingerprint density at radius 2 is 1.41 bits per heavy atom. The molecule has 1 heterocycles. The molecule has 150 valence electrons. The second kappa shape index (κ2) is 9.04. The van der Waals surface area contributed by atoms with Gasteiger partial charge in [0, 0.05) is 18.2 Å². The van der Waals surface area contributed by atoms with Gasteiger partial charge in [0.15, 0.2) is 0 Å². The summed E-state index contributed by atoms with van der Waals surface area (Å²) in [7, 11) is 3.43. The minimum Gasteiger partial charge on any atom is -0.497 e. The molecule has 0 amide bonds. The van der Waals surface area contributed by atoms with Gasteiger partial charge in [0.05, 0.1) is 20.3 Å². The Bertz CT molecular complexity index is 890. The number of hydrogen-bond donors (Lipinski definition) is 0. The van der Waals surface area contributed by atoms with Gasteiger partial charge in [0.1, 0.15) is 11.5 Å². The summed E-state index contributed by atoms with van der Waals surface area (Å²) in [6.07, 6.45) is 3.60. The largest absolute Gasteiger partial charge is 0.497 e. The van der Waals surface area contributed by atoms with Crippen molar-refractivity contribution in [3.63, 3.8) is 0 Å². The van der Waals surface area contributed by atoms with E-state index in [0.29, 0.717) is 12.0 Å². The monoisotopic (exact) mass is 387 g/mol. The Kier molecular flexibility index (Phi) is 6.04. The average Bonchev–Trinajstić information content (AvgIpc) is 2.77. The molecular formula is C26H29NO2. The van der Waals surface area contributed by atoms with E-state index in [4.69, 9.17) is 9.47 Å². The molecule has 1 saturated heterocycles. The summed E-state index contributed by atoms with van der Waals surface area (Å²) in [5, 5.41) is 0. The number of rotatable bonds is 8. The van der Waals surface area contributed by atoms with Crippen LogP contribution >= 0.6 is 0 Å². The quantitative estimate of drug-likeness (QED) is 0.480. The van der Waals surface area contributed by atoms with Gasteiger partial charge in [0.25, 0.3) is 0 Å². The lowest BCUT2D eigenvalue weighted by Gasteiger charge is -2.50. The highest BCUT2D eigenvalue weighted by atomic mass is 16.5. The maximum atomic E-state index is 5.35. The van der Waals surface area contributed by atoms with Crippen LogP contribution in [0, 0.1) is 5.92 Å². The average molecular weight is 388 g/mol. The van der Waals surface area contributed by atoms with Gasteiger partial charge in [-0.25, -0.2) is 0 Å². The molecule has 0 spiro atoms. The fraction of sp³-hybridized carbons (Fsp3) is 0.308. The maximum absolute atomic E-state index is 5.35. The van der Waals surface area contributed by atoms with E-state index < -0.39 is 0 Å². The number of ether oxygens (including phenoxy) is 2. The number of benzene rings is 3. The van der Waals surface area contributed by atoms with Crippen molar-refractivity contribution in [3.05, 3.63) is 90.0 Å². The van der Waals surface area contributed by atoms with Crippen LogP contribution in [0.2, 0.25) is 0 Å². The Labute approximate surface area is 173 Å². The van der Waals surface area contributed by atoms with Crippen LogP contribution in [0.15, 0.2) is 78.9 Å². The van der Waals surface area contributed by atoms with E-state index in [1.165, 1.54) is 29.7 Å². The Balaban J connectivity index is 1.48. The highest BCUT2D eigenvalue weighted by Crippen LogP contribution is 2.45. The molecule has 29 heavy (non-hydrogen) atoms. The molecule has 3 aromatic rings. The van der Waals surface area contributed by atoms with Gasteiger partial charge in [0.2, 0.25) is 0 Å². The first-order valence-electron chi connectivity index (χ1n) is 10.4. The van der Waals surface area contributed by atoms with Crippen molar-refractivity contribution in [2.45, 2.75) is 25.3 Å².